The summed E-state index contributed by atoms with van der Waals surface area (Å²) >= 11 is 6.74. The van der Waals surface area contributed by atoms with E-state index in [1.54, 1.807) is 24.5 Å². The van der Waals surface area contributed by atoms with Gasteiger partial charge >= 0.3 is 0 Å². The lowest BCUT2D eigenvalue weighted by Gasteiger charge is -2.08. The van der Waals surface area contributed by atoms with E-state index in [4.69, 9.17) is 0 Å². The summed E-state index contributed by atoms with van der Waals surface area (Å²) in [7, 11) is 0. The van der Waals surface area contributed by atoms with Gasteiger partial charge in [-0.15, -0.1) is 0 Å². The fourth-order valence-corrected chi connectivity index (χ4v) is 2.94. The first-order valence-electron chi connectivity index (χ1n) is 5.70. The Balaban J connectivity index is 2.08. The van der Waals surface area contributed by atoms with Crippen molar-refractivity contribution in [1.82, 2.24) is 10.3 Å². The molecular weight excluding hydrogens is 372 g/mol. The number of carbonyl (C=O) groups is 1. The third-order valence-electron chi connectivity index (χ3n) is 2.71. The number of nitrogens with zero attached hydrogens (tertiary/aromatic N) is 1. The van der Waals surface area contributed by atoms with E-state index in [0.717, 1.165) is 20.1 Å². The molecular formula is C14H12Br2N2O. The molecule has 0 atom stereocenters. The second-order valence-corrected chi connectivity index (χ2v) is 5.97. The average Bonchev–Trinajstić information content (AvgIpc) is 2.36. The van der Waals surface area contributed by atoms with Crippen LogP contribution in [0.2, 0.25) is 0 Å². The summed E-state index contributed by atoms with van der Waals surface area (Å²) in [5, 5.41) is 2.89. The minimum absolute atomic E-state index is 0.106. The van der Waals surface area contributed by atoms with Gasteiger partial charge in [0.2, 0.25) is 0 Å². The highest BCUT2D eigenvalue weighted by Crippen LogP contribution is 2.20. The Morgan fingerprint density at radius 2 is 1.95 bits per heavy atom. The van der Waals surface area contributed by atoms with Gasteiger partial charge in [0.05, 0.1) is 0 Å². The molecule has 0 radical (unpaired) electrons. The molecule has 0 saturated heterocycles. The number of aryl methyl sites for hydroxylation is 1. The number of pyridine rings is 1. The van der Waals surface area contributed by atoms with Gasteiger partial charge in [0.25, 0.3) is 5.91 Å². The van der Waals surface area contributed by atoms with E-state index < -0.39 is 0 Å². The topological polar surface area (TPSA) is 42.0 Å². The molecule has 0 unspecified atom stereocenters. The van der Waals surface area contributed by atoms with Crippen molar-refractivity contribution in [1.29, 1.82) is 0 Å². The van der Waals surface area contributed by atoms with Crippen LogP contribution in [0.5, 0.6) is 0 Å². The summed E-state index contributed by atoms with van der Waals surface area (Å²) in [6.45, 7) is 2.47. The van der Waals surface area contributed by atoms with Gasteiger partial charge in [0.1, 0.15) is 0 Å². The van der Waals surface area contributed by atoms with Crippen molar-refractivity contribution in [3.8, 4) is 0 Å². The molecule has 98 valence electrons. The predicted molar refractivity (Wildman–Crippen MR) is 82.0 cm³/mol. The average molecular weight is 384 g/mol. The van der Waals surface area contributed by atoms with Crippen LogP contribution >= 0.6 is 31.9 Å². The van der Waals surface area contributed by atoms with Gasteiger partial charge in [-0.05, 0) is 42.3 Å². The number of carbonyl (C=O) groups excluding carboxylic acids is 1. The van der Waals surface area contributed by atoms with Crippen LogP contribution in [0.4, 0.5) is 0 Å². The number of benzene rings is 1. The third kappa shape index (κ3) is 3.88. The van der Waals surface area contributed by atoms with Gasteiger partial charge in [0, 0.05) is 33.4 Å². The van der Waals surface area contributed by atoms with E-state index in [-0.39, 0.29) is 5.91 Å². The van der Waals surface area contributed by atoms with Crippen LogP contribution in [0, 0.1) is 6.92 Å². The lowest BCUT2D eigenvalue weighted by atomic mass is 10.1. The first-order chi connectivity index (χ1) is 9.06. The predicted octanol–water partition coefficient (Wildman–Crippen LogP) is 3.85. The highest BCUT2D eigenvalue weighted by Gasteiger charge is 2.08. The Morgan fingerprint density at radius 1 is 1.26 bits per heavy atom. The van der Waals surface area contributed by atoms with E-state index in [1.807, 2.05) is 19.1 Å². The molecule has 0 bridgehead atoms. The number of hydrogen-bond acceptors (Lipinski definition) is 2. The lowest BCUT2D eigenvalue weighted by Crippen LogP contribution is -2.23. The Morgan fingerprint density at radius 3 is 2.58 bits per heavy atom. The van der Waals surface area contributed by atoms with Crippen LogP contribution in [0.15, 0.2) is 45.6 Å². The van der Waals surface area contributed by atoms with Crippen molar-refractivity contribution >= 4 is 37.8 Å². The molecule has 5 heteroatoms. The standard InChI is InChI=1S/C14H12Br2N2O/c1-9-2-3-17-7-11(9)8-18-14(19)10-4-12(15)6-13(16)5-10/h2-7H,8H2,1H3,(H,18,19). The minimum atomic E-state index is -0.106. The second kappa shape index (κ2) is 6.30. The summed E-state index contributed by atoms with van der Waals surface area (Å²) in [4.78, 5) is 16.1. The van der Waals surface area contributed by atoms with Crippen molar-refractivity contribution in [2.75, 3.05) is 0 Å². The molecule has 1 aromatic heterocycles. The maximum atomic E-state index is 12.1. The Kier molecular flexibility index (Phi) is 4.71. The van der Waals surface area contributed by atoms with Crippen molar-refractivity contribution in [3.05, 3.63) is 62.3 Å². The van der Waals surface area contributed by atoms with Gasteiger partial charge in [-0.3, -0.25) is 9.78 Å². The van der Waals surface area contributed by atoms with Crippen molar-refractivity contribution in [2.45, 2.75) is 13.5 Å². The normalized spacial score (nSPS) is 10.3. The van der Waals surface area contributed by atoms with Gasteiger partial charge in [0.15, 0.2) is 0 Å². The molecule has 1 amide bonds. The number of rotatable bonds is 3. The van der Waals surface area contributed by atoms with Crippen LogP contribution in [0.1, 0.15) is 21.5 Å². The highest BCUT2D eigenvalue weighted by molar-refractivity contribution is 9.11. The molecule has 0 aliphatic rings. The van der Waals surface area contributed by atoms with Gasteiger partial charge in [-0.1, -0.05) is 31.9 Å². The Labute approximate surface area is 128 Å². The van der Waals surface area contributed by atoms with Crippen LogP contribution in [-0.2, 0) is 6.54 Å². The van der Waals surface area contributed by atoms with Gasteiger partial charge in [-0.25, -0.2) is 0 Å². The molecule has 2 rings (SSSR count). The van der Waals surface area contributed by atoms with Gasteiger partial charge < -0.3 is 5.32 Å². The van der Waals surface area contributed by atoms with Crippen LogP contribution in [0.25, 0.3) is 0 Å². The maximum Gasteiger partial charge on any atom is 0.251 e. The molecule has 0 aliphatic carbocycles. The van der Waals surface area contributed by atoms with E-state index in [1.165, 1.54) is 0 Å². The molecule has 1 heterocycles. The maximum absolute atomic E-state index is 12.1. The minimum Gasteiger partial charge on any atom is -0.348 e. The highest BCUT2D eigenvalue weighted by atomic mass is 79.9. The number of nitrogens with one attached hydrogen (secondary N) is 1. The molecule has 1 aromatic carbocycles. The first-order valence-corrected chi connectivity index (χ1v) is 7.28. The van der Waals surface area contributed by atoms with Gasteiger partial charge in [-0.2, -0.15) is 0 Å². The summed E-state index contributed by atoms with van der Waals surface area (Å²) in [6, 6.07) is 7.39. The molecule has 19 heavy (non-hydrogen) atoms. The lowest BCUT2D eigenvalue weighted by molar-refractivity contribution is 0.0950. The molecule has 1 N–H and O–H groups in total. The first kappa shape index (κ1) is 14.2. The number of amides is 1. The number of hydrogen-bond donors (Lipinski definition) is 1. The van der Waals surface area contributed by atoms with E-state index in [9.17, 15) is 4.79 Å². The van der Waals surface area contributed by atoms with E-state index in [0.29, 0.717) is 12.1 Å². The summed E-state index contributed by atoms with van der Waals surface area (Å²) in [5.74, 6) is -0.106. The monoisotopic (exact) mass is 382 g/mol. The number of aromatic nitrogens is 1. The molecule has 0 saturated carbocycles. The zero-order valence-electron chi connectivity index (χ0n) is 10.3. The quantitative estimate of drug-likeness (QED) is 0.874. The zero-order valence-corrected chi connectivity index (χ0v) is 13.5. The fourth-order valence-electron chi connectivity index (χ4n) is 1.64. The van der Waals surface area contributed by atoms with Crippen LogP contribution in [-0.4, -0.2) is 10.9 Å². The SMILES string of the molecule is Cc1ccncc1CNC(=O)c1cc(Br)cc(Br)c1. The number of halogens is 2. The summed E-state index contributed by atoms with van der Waals surface area (Å²) in [6.07, 6.45) is 3.51. The van der Waals surface area contributed by atoms with Crippen molar-refractivity contribution in [3.63, 3.8) is 0 Å². The molecule has 3 nitrogen and oxygen atoms in total. The molecule has 0 fully saturated rings. The molecule has 2 aromatic rings. The molecule has 0 aliphatic heterocycles. The summed E-state index contributed by atoms with van der Waals surface area (Å²) in [5.41, 5.74) is 2.75. The van der Waals surface area contributed by atoms with E-state index >= 15 is 0 Å². The third-order valence-corrected chi connectivity index (χ3v) is 3.63. The molecule has 0 spiro atoms. The zero-order chi connectivity index (χ0) is 13.8. The van der Waals surface area contributed by atoms with Crippen molar-refractivity contribution < 1.29 is 4.79 Å². The van der Waals surface area contributed by atoms with Crippen LogP contribution < -0.4 is 5.32 Å². The summed E-state index contributed by atoms with van der Waals surface area (Å²) < 4.78 is 1.73. The smallest absolute Gasteiger partial charge is 0.251 e. The van der Waals surface area contributed by atoms with Crippen molar-refractivity contribution in [2.24, 2.45) is 0 Å². The Hall–Kier alpha value is -1.20. The van der Waals surface area contributed by atoms with Crippen LogP contribution in [0.3, 0.4) is 0 Å². The fraction of sp³-hybridized carbons (Fsp3) is 0.143. The van der Waals surface area contributed by atoms with E-state index in [2.05, 4.69) is 42.2 Å². The largest absolute Gasteiger partial charge is 0.348 e. The second-order valence-electron chi connectivity index (χ2n) is 4.14. The Bertz CT molecular complexity index is 594.